The molecular weight excluding hydrogens is 328 g/mol. The fourth-order valence-electron chi connectivity index (χ4n) is 1.51. The smallest absolute Gasteiger partial charge is 0.0685 e. The van der Waals surface area contributed by atoms with Gasteiger partial charge in [0.05, 0.1) is 6.61 Å². The predicted molar refractivity (Wildman–Crippen MR) is 68.1 cm³/mol. The Morgan fingerprint density at radius 2 is 2.21 bits per heavy atom. The first kappa shape index (κ1) is 10.6. The maximum Gasteiger partial charge on any atom is 0.0685 e. The van der Waals surface area contributed by atoms with Gasteiger partial charge in [0.15, 0.2) is 0 Å². The second-order valence-corrected chi connectivity index (χ2v) is 5.28. The molecule has 1 nitrogen and oxygen atoms in total. The number of hydrogen-bond acceptors (Lipinski definition) is 2. The number of aliphatic hydroxyl groups excluding tert-OH is 1. The quantitative estimate of drug-likeness (QED) is 0.821. The Morgan fingerprint density at radius 1 is 1.43 bits per heavy atom. The summed E-state index contributed by atoms with van der Waals surface area (Å²) in [7, 11) is 0. The van der Waals surface area contributed by atoms with E-state index in [2.05, 4.69) is 43.3 Å². The molecule has 0 saturated heterocycles. The van der Waals surface area contributed by atoms with E-state index in [4.69, 9.17) is 0 Å². The van der Waals surface area contributed by atoms with Gasteiger partial charge in [-0.3, -0.25) is 0 Å². The largest absolute Gasteiger partial charge is 0.392 e. The van der Waals surface area contributed by atoms with Crippen LogP contribution in [-0.4, -0.2) is 5.11 Å². The van der Waals surface area contributed by atoms with Crippen molar-refractivity contribution < 1.29 is 5.11 Å². The van der Waals surface area contributed by atoms with Gasteiger partial charge >= 0.3 is 0 Å². The van der Waals surface area contributed by atoms with Crippen LogP contribution in [0.25, 0.3) is 10.1 Å². The third-order valence-corrected chi connectivity index (χ3v) is 4.60. The number of thiophene rings is 1. The maximum atomic E-state index is 9.23. The number of aliphatic hydroxyl groups is 1. The van der Waals surface area contributed by atoms with Crippen molar-refractivity contribution in [1.82, 2.24) is 0 Å². The molecule has 14 heavy (non-hydrogen) atoms. The first-order valence-corrected chi connectivity index (χ1v) is 6.91. The number of fused-ring (bicyclic) bond motifs is 1. The van der Waals surface area contributed by atoms with Crippen LogP contribution in [0.2, 0.25) is 0 Å². The summed E-state index contributed by atoms with van der Waals surface area (Å²) in [5.41, 5.74) is 2.17. The molecule has 0 aliphatic rings. The van der Waals surface area contributed by atoms with E-state index in [1.807, 2.05) is 6.07 Å². The van der Waals surface area contributed by atoms with Gasteiger partial charge in [-0.25, -0.2) is 0 Å². The molecule has 0 radical (unpaired) electrons. The Kier molecular flexibility index (Phi) is 3.27. The molecule has 4 heteroatoms. The molecule has 1 heterocycles. The second kappa shape index (κ2) is 4.31. The van der Waals surface area contributed by atoms with Gasteiger partial charge in [-0.2, -0.15) is 0 Å². The Balaban J connectivity index is 2.82. The van der Waals surface area contributed by atoms with E-state index in [0.717, 1.165) is 15.4 Å². The lowest BCUT2D eigenvalue weighted by Crippen LogP contribution is -1.92. The van der Waals surface area contributed by atoms with E-state index in [1.165, 1.54) is 15.6 Å². The summed E-state index contributed by atoms with van der Waals surface area (Å²) in [6.45, 7) is 0.0886. The van der Waals surface area contributed by atoms with Crippen LogP contribution in [0.5, 0.6) is 0 Å². The number of alkyl halides is 1. The summed E-state index contributed by atoms with van der Waals surface area (Å²) in [6, 6.07) is 4.09. The van der Waals surface area contributed by atoms with Gasteiger partial charge in [0.2, 0.25) is 0 Å². The second-order valence-electron chi connectivity index (χ2n) is 2.95. The topological polar surface area (TPSA) is 20.2 Å². The summed E-state index contributed by atoms with van der Waals surface area (Å²) in [5.74, 6) is 0. The van der Waals surface area contributed by atoms with Gasteiger partial charge in [0.25, 0.3) is 0 Å². The summed E-state index contributed by atoms with van der Waals surface area (Å²) in [6.07, 6.45) is 0. The van der Waals surface area contributed by atoms with Crippen LogP contribution in [0.4, 0.5) is 0 Å². The van der Waals surface area contributed by atoms with Crippen molar-refractivity contribution in [2.75, 3.05) is 0 Å². The van der Waals surface area contributed by atoms with Gasteiger partial charge in [-0.15, -0.1) is 11.3 Å². The molecule has 2 rings (SSSR count). The molecule has 1 N–H and O–H groups in total. The highest BCUT2D eigenvalue weighted by Crippen LogP contribution is 2.34. The average Bonchev–Trinajstić information content (AvgIpc) is 2.66. The molecule has 0 bridgehead atoms. The first-order chi connectivity index (χ1) is 6.77. The van der Waals surface area contributed by atoms with Crippen LogP contribution in [0.15, 0.2) is 22.0 Å². The van der Waals surface area contributed by atoms with E-state index < -0.39 is 0 Å². The minimum absolute atomic E-state index is 0.0886. The normalized spacial score (nSPS) is 11.1. The zero-order chi connectivity index (χ0) is 10.1. The fourth-order valence-corrected chi connectivity index (χ4v) is 3.77. The van der Waals surface area contributed by atoms with Crippen molar-refractivity contribution in [2.24, 2.45) is 0 Å². The van der Waals surface area contributed by atoms with Crippen LogP contribution in [0, 0.1) is 0 Å². The minimum atomic E-state index is 0.0886. The monoisotopic (exact) mass is 334 g/mol. The summed E-state index contributed by atoms with van der Waals surface area (Å²) in [4.78, 5) is 0. The third-order valence-electron chi connectivity index (χ3n) is 2.20. The molecule has 0 amide bonds. The van der Waals surface area contributed by atoms with Gasteiger partial charge in [0.1, 0.15) is 0 Å². The van der Waals surface area contributed by atoms with Gasteiger partial charge in [0, 0.05) is 14.5 Å². The van der Waals surface area contributed by atoms with E-state index in [-0.39, 0.29) is 6.61 Å². The molecule has 0 unspecified atom stereocenters. The van der Waals surface area contributed by atoms with Gasteiger partial charge in [-0.1, -0.05) is 15.9 Å². The fraction of sp³-hybridized carbons (Fsp3) is 0.200. The summed E-state index contributed by atoms with van der Waals surface area (Å²) < 4.78 is 2.31. The molecule has 0 fully saturated rings. The highest BCUT2D eigenvalue weighted by atomic mass is 79.9. The van der Waals surface area contributed by atoms with Crippen LogP contribution >= 0.6 is 43.2 Å². The summed E-state index contributed by atoms with van der Waals surface area (Å²) in [5, 5.41) is 13.3. The van der Waals surface area contributed by atoms with Crippen molar-refractivity contribution in [3.8, 4) is 0 Å². The molecule has 0 atom stereocenters. The predicted octanol–water partition coefficient (Wildman–Crippen LogP) is 4.05. The molecule has 0 saturated carbocycles. The standard InChI is InChI=1S/C10H8Br2OS/c11-4-8-6(5-13)3-9(12)10-7(8)1-2-14-10/h1-3,13H,4-5H2. The zero-order valence-electron chi connectivity index (χ0n) is 7.26. The summed E-state index contributed by atoms with van der Waals surface area (Å²) >= 11 is 8.69. The lowest BCUT2D eigenvalue weighted by atomic mass is 10.1. The number of hydrogen-bond donors (Lipinski definition) is 1. The van der Waals surface area contributed by atoms with Crippen molar-refractivity contribution in [3.63, 3.8) is 0 Å². The zero-order valence-corrected chi connectivity index (χ0v) is 11.2. The molecule has 2 aromatic rings. The molecule has 1 aromatic carbocycles. The lowest BCUT2D eigenvalue weighted by molar-refractivity contribution is 0.281. The Morgan fingerprint density at radius 3 is 2.86 bits per heavy atom. The van der Waals surface area contributed by atoms with E-state index >= 15 is 0 Å². The first-order valence-electron chi connectivity index (χ1n) is 4.12. The van der Waals surface area contributed by atoms with Crippen molar-refractivity contribution in [1.29, 1.82) is 0 Å². The molecular formula is C10H8Br2OS. The van der Waals surface area contributed by atoms with Crippen LogP contribution in [0.3, 0.4) is 0 Å². The average molecular weight is 336 g/mol. The molecule has 0 spiro atoms. The Labute approximate surface area is 103 Å². The third kappa shape index (κ3) is 1.65. The minimum Gasteiger partial charge on any atom is -0.392 e. The molecule has 0 aliphatic heterocycles. The SMILES string of the molecule is OCc1cc(Br)c2sccc2c1CBr. The van der Waals surface area contributed by atoms with Crippen LogP contribution in [0.1, 0.15) is 11.1 Å². The number of benzene rings is 1. The van der Waals surface area contributed by atoms with Crippen molar-refractivity contribution >= 4 is 53.3 Å². The van der Waals surface area contributed by atoms with Crippen molar-refractivity contribution in [2.45, 2.75) is 11.9 Å². The van der Waals surface area contributed by atoms with Crippen molar-refractivity contribution in [3.05, 3.63) is 33.1 Å². The molecule has 1 aromatic heterocycles. The van der Waals surface area contributed by atoms with Crippen LogP contribution in [-0.2, 0) is 11.9 Å². The number of halogens is 2. The Hall–Kier alpha value is 0.1000. The highest BCUT2D eigenvalue weighted by molar-refractivity contribution is 9.10. The van der Waals surface area contributed by atoms with Gasteiger partial charge in [-0.05, 0) is 50.0 Å². The highest BCUT2D eigenvalue weighted by Gasteiger charge is 2.10. The lowest BCUT2D eigenvalue weighted by Gasteiger charge is -2.07. The van der Waals surface area contributed by atoms with Crippen LogP contribution < -0.4 is 0 Å². The van der Waals surface area contributed by atoms with E-state index in [9.17, 15) is 5.11 Å². The number of rotatable bonds is 2. The van der Waals surface area contributed by atoms with E-state index in [1.54, 1.807) is 11.3 Å². The van der Waals surface area contributed by atoms with Gasteiger partial charge < -0.3 is 5.11 Å². The maximum absolute atomic E-state index is 9.23. The van der Waals surface area contributed by atoms with E-state index in [0.29, 0.717) is 0 Å². The molecule has 74 valence electrons. The Bertz CT molecular complexity index is 464. The molecule has 0 aliphatic carbocycles.